The summed E-state index contributed by atoms with van der Waals surface area (Å²) in [6.45, 7) is 0.109. The fourth-order valence-electron chi connectivity index (χ4n) is 3.87. The highest BCUT2D eigenvalue weighted by Crippen LogP contribution is 2.40. The second-order valence-electron chi connectivity index (χ2n) is 6.82. The number of hydrogen-bond donors (Lipinski definition) is 3. The van der Waals surface area contributed by atoms with E-state index < -0.39 is 63.2 Å². The van der Waals surface area contributed by atoms with Gasteiger partial charge in [0.1, 0.15) is 11.6 Å². The summed E-state index contributed by atoms with van der Waals surface area (Å²) in [5.74, 6) is -9.35. The third-order valence-corrected chi connectivity index (χ3v) is 5.19. The minimum atomic E-state index is -1.90. The van der Waals surface area contributed by atoms with E-state index in [-0.39, 0.29) is 6.54 Å². The van der Waals surface area contributed by atoms with Gasteiger partial charge in [-0.3, -0.25) is 4.79 Å². The molecule has 0 amide bonds. The predicted octanol–water partition coefficient (Wildman–Crippen LogP) is 2.95. The van der Waals surface area contributed by atoms with Crippen molar-refractivity contribution in [1.82, 2.24) is 4.57 Å². The number of carboxylic acids is 2. The lowest BCUT2D eigenvalue weighted by Gasteiger charge is -2.25. The Morgan fingerprint density at radius 1 is 1.13 bits per heavy atom. The second-order valence-corrected chi connectivity index (χ2v) is 6.82. The van der Waals surface area contributed by atoms with Crippen molar-refractivity contribution in [3.05, 3.63) is 75.3 Å². The molecule has 0 fully saturated rings. The summed E-state index contributed by atoms with van der Waals surface area (Å²) in [6, 6.07) is 5.50. The maximum atomic E-state index is 14.7. The van der Waals surface area contributed by atoms with E-state index in [2.05, 4.69) is 5.32 Å². The molecule has 2 heterocycles. The average molecular weight is 418 g/mol. The van der Waals surface area contributed by atoms with Crippen LogP contribution >= 0.6 is 0 Å². The molecule has 4 rings (SSSR count). The lowest BCUT2D eigenvalue weighted by Crippen LogP contribution is -2.31. The molecule has 0 aliphatic carbocycles. The summed E-state index contributed by atoms with van der Waals surface area (Å²) < 4.78 is 43.1. The molecule has 2 unspecified atom stereocenters. The minimum absolute atomic E-state index is 0.109. The fraction of sp³-hybridized carbons (Fsp3) is 0.150. The number of carboxylic acid groups (broad SMARTS) is 2. The molecule has 0 bridgehead atoms. The van der Waals surface area contributed by atoms with Gasteiger partial charge in [0.25, 0.3) is 0 Å². The van der Waals surface area contributed by atoms with E-state index in [9.17, 15) is 37.8 Å². The SMILES string of the molecule is O=C(O)c1cn(C(C(=O)O)C2CNc3ccccc32)c2c(F)c(F)c(F)cc2c1=O. The molecule has 3 aromatic rings. The van der Waals surface area contributed by atoms with Crippen LogP contribution in [0.3, 0.4) is 0 Å². The van der Waals surface area contributed by atoms with Crippen molar-refractivity contribution in [3.63, 3.8) is 0 Å². The summed E-state index contributed by atoms with van der Waals surface area (Å²) in [7, 11) is 0. The van der Waals surface area contributed by atoms with E-state index in [1.807, 2.05) is 0 Å². The van der Waals surface area contributed by atoms with Crippen molar-refractivity contribution in [2.24, 2.45) is 0 Å². The Labute approximate surface area is 166 Å². The van der Waals surface area contributed by atoms with Crippen LogP contribution in [0.1, 0.15) is 27.9 Å². The number of benzene rings is 2. The van der Waals surface area contributed by atoms with Crippen LogP contribution in [0, 0.1) is 17.5 Å². The maximum absolute atomic E-state index is 14.7. The van der Waals surface area contributed by atoms with Gasteiger partial charge in [-0.05, 0) is 17.7 Å². The number of halogens is 3. The highest BCUT2D eigenvalue weighted by Gasteiger charge is 2.37. The summed E-state index contributed by atoms with van der Waals surface area (Å²) >= 11 is 0. The number of carbonyl (C=O) groups is 2. The highest BCUT2D eigenvalue weighted by atomic mass is 19.2. The third-order valence-electron chi connectivity index (χ3n) is 5.19. The molecule has 1 aliphatic rings. The maximum Gasteiger partial charge on any atom is 0.341 e. The monoisotopic (exact) mass is 418 g/mol. The number of hydrogen-bond acceptors (Lipinski definition) is 4. The zero-order valence-electron chi connectivity index (χ0n) is 15.0. The van der Waals surface area contributed by atoms with E-state index in [0.717, 1.165) is 0 Å². The van der Waals surface area contributed by atoms with Crippen LogP contribution < -0.4 is 10.7 Å². The summed E-state index contributed by atoms with van der Waals surface area (Å²) in [5.41, 5.74) is -1.76. The van der Waals surface area contributed by atoms with Gasteiger partial charge in [-0.25, -0.2) is 22.8 Å². The van der Waals surface area contributed by atoms with Crippen LogP contribution in [0.4, 0.5) is 18.9 Å². The smallest absolute Gasteiger partial charge is 0.341 e. The molecule has 30 heavy (non-hydrogen) atoms. The zero-order valence-corrected chi connectivity index (χ0v) is 15.0. The van der Waals surface area contributed by atoms with Crippen molar-refractivity contribution < 1.29 is 33.0 Å². The number of nitrogens with zero attached hydrogens (tertiary/aromatic N) is 1. The number of rotatable bonds is 4. The molecule has 1 aromatic heterocycles. The van der Waals surface area contributed by atoms with Crippen molar-refractivity contribution in [2.75, 3.05) is 11.9 Å². The second kappa shape index (κ2) is 6.90. The number of para-hydroxylation sites is 1. The molecule has 10 heteroatoms. The van der Waals surface area contributed by atoms with Gasteiger partial charge in [-0.15, -0.1) is 0 Å². The molecule has 0 saturated heterocycles. The number of anilines is 1. The van der Waals surface area contributed by atoms with Crippen LogP contribution in [0.2, 0.25) is 0 Å². The van der Waals surface area contributed by atoms with Crippen molar-refractivity contribution >= 4 is 28.5 Å². The Hall–Kier alpha value is -3.82. The normalized spacial score (nSPS) is 16.2. The van der Waals surface area contributed by atoms with Crippen LogP contribution in [0.25, 0.3) is 10.9 Å². The van der Waals surface area contributed by atoms with Gasteiger partial charge >= 0.3 is 11.9 Å². The van der Waals surface area contributed by atoms with Gasteiger partial charge in [0.2, 0.25) is 5.43 Å². The van der Waals surface area contributed by atoms with E-state index in [0.29, 0.717) is 28.1 Å². The lowest BCUT2D eigenvalue weighted by atomic mass is 9.92. The molecule has 154 valence electrons. The largest absolute Gasteiger partial charge is 0.480 e. The first-order chi connectivity index (χ1) is 14.2. The topological polar surface area (TPSA) is 109 Å². The van der Waals surface area contributed by atoms with Gasteiger partial charge in [-0.1, -0.05) is 18.2 Å². The first kappa shape index (κ1) is 19.5. The molecule has 7 nitrogen and oxygen atoms in total. The summed E-state index contributed by atoms with van der Waals surface area (Å²) in [4.78, 5) is 36.2. The summed E-state index contributed by atoms with van der Waals surface area (Å²) in [6.07, 6.45) is 0.660. The third kappa shape index (κ3) is 2.79. The van der Waals surface area contributed by atoms with Crippen molar-refractivity contribution in [2.45, 2.75) is 12.0 Å². The molecule has 2 aromatic carbocycles. The van der Waals surface area contributed by atoms with E-state index >= 15 is 0 Å². The number of fused-ring (bicyclic) bond motifs is 2. The van der Waals surface area contributed by atoms with Gasteiger partial charge < -0.3 is 20.1 Å². The Balaban J connectivity index is 2.09. The molecular formula is C20H13F3N2O5. The number of aromatic carboxylic acids is 1. The average Bonchev–Trinajstić information content (AvgIpc) is 3.11. The number of aromatic nitrogens is 1. The standard InChI is InChI=1S/C20H13F3N2O5/c21-12-5-9-16(15(23)14(12)22)25(7-11(18(9)26)19(27)28)17(20(29)30)10-6-24-13-4-2-1-3-8(10)13/h1-5,7,10,17,24H,6H2,(H,27,28)(H,29,30). The van der Waals surface area contributed by atoms with Crippen molar-refractivity contribution in [3.8, 4) is 0 Å². The molecule has 2 atom stereocenters. The molecular weight excluding hydrogens is 405 g/mol. The van der Waals surface area contributed by atoms with Crippen LogP contribution in [-0.2, 0) is 4.79 Å². The first-order valence-corrected chi connectivity index (χ1v) is 8.73. The van der Waals surface area contributed by atoms with Gasteiger partial charge in [0.05, 0.1) is 10.9 Å². The molecule has 0 spiro atoms. The van der Waals surface area contributed by atoms with E-state index in [4.69, 9.17) is 0 Å². The van der Waals surface area contributed by atoms with E-state index in [1.54, 1.807) is 24.3 Å². The van der Waals surface area contributed by atoms with Crippen LogP contribution in [0.5, 0.6) is 0 Å². The van der Waals surface area contributed by atoms with Crippen LogP contribution in [0.15, 0.2) is 41.3 Å². The minimum Gasteiger partial charge on any atom is -0.480 e. The Morgan fingerprint density at radius 2 is 1.83 bits per heavy atom. The molecule has 1 aliphatic heterocycles. The first-order valence-electron chi connectivity index (χ1n) is 8.73. The Bertz CT molecular complexity index is 1290. The van der Waals surface area contributed by atoms with Gasteiger partial charge in [-0.2, -0.15) is 0 Å². The zero-order chi connectivity index (χ0) is 21.7. The number of aliphatic carboxylic acids is 1. The van der Waals surface area contributed by atoms with E-state index in [1.165, 1.54) is 0 Å². The molecule has 0 saturated carbocycles. The predicted molar refractivity (Wildman–Crippen MR) is 99.4 cm³/mol. The number of nitrogens with one attached hydrogen (secondary N) is 1. The van der Waals surface area contributed by atoms with Crippen molar-refractivity contribution in [1.29, 1.82) is 0 Å². The number of pyridine rings is 1. The lowest BCUT2D eigenvalue weighted by molar-refractivity contribution is -0.141. The molecule has 3 N–H and O–H groups in total. The molecule has 0 radical (unpaired) electrons. The quantitative estimate of drug-likeness (QED) is 0.563. The summed E-state index contributed by atoms with van der Waals surface area (Å²) in [5, 5.41) is 21.5. The fourth-order valence-corrected chi connectivity index (χ4v) is 3.87. The van der Waals surface area contributed by atoms with Gasteiger partial charge in [0.15, 0.2) is 17.5 Å². The Kier molecular flexibility index (Phi) is 4.49. The highest BCUT2D eigenvalue weighted by molar-refractivity contribution is 5.93. The van der Waals surface area contributed by atoms with Crippen LogP contribution in [-0.4, -0.2) is 33.3 Å². The Morgan fingerprint density at radius 3 is 2.50 bits per heavy atom. The van der Waals surface area contributed by atoms with Gasteiger partial charge in [0, 0.05) is 24.3 Å².